The summed E-state index contributed by atoms with van der Waals surface area (Å²) in [5, 5.41) is 2.09. The zero-order valence-corrected chi connectivity index (χ0v) is 12.8. The summed E-state index contributed by atoms with van der Waals surface area (Å²) in [5.74, 6) is 0.293. The van der Waals surface area contributed by atoms with Gasteiger partial charge in [-0.25, -0.2) is 14.1 Å². The number of aromatic nitrogens is 2. The molecule has 0 amide bonds. The van der Waals surface area contributed by atoms with Gasteiger partial charge < -0.3 is 5.01 Å². The highest BCUT2D eigenvalue weighted by Gasteiger charge is 2.22. The standard InChI is InChI=1S/C14H16Cl2FN3/c1-9(15)14-18-12-8-11(17)10(16)7-13(12)20(14)19-5-3-2-4-6-19/h7-9H,2-6H2,1H3. The number of hydrogen-bond acceptors (Lipinski definition) is 2. The molecular weight excluding hydrogens is 300 g/mol. The van der Waals surface area contributed by atoms with Crippen LogP contribution in [0.5, 0.6) is 0 Å². The number of imidazole rings is 1. The zero-order chi connectivity index (χ0) is 14.3. The van der Waals surface area contributed by atoms with Crippen LogP contribution in [0.15, 0.2) is 12.1 Å². The van der Waals surface area contributed by atoms with Gasteiger partial charge in [-0.3, -0.25) is 0 Å². The number of halogens is 3. The van der Waals surface area contributed by atoms with Crippen molar-refractivity contribution < 1.29 is 4.39 Å². The molecule has 2 heterocycles. The van der Waals surface area contributed by atoms with Crippen LogP contribution in [0.3, 0.4) is 0 Å². The number of fused-ring (bicyclic) bond motifs is 1. The summed E-state index contributed by atoms with van der Waals surface area (Å²) in [5.41, 5.74) is 1.42. The average Bonchev–Trinajstić information content (AvgIpc) is 2.79. The van der Waals surface area contributed by atoms with Crippen LogP contribution < -0.4 is 5.01 Å². The number of benzene rings is 1. The Labute approximate surface area is 127 Å². The molecule has 1 aromatic carbocycles. The number of rotatable bonds is 2. The Kier molecular flexibility index (Phi) is 3.78. The predicted octanol–water partition coefficient (Wildman–Crippen LogP) is 4.25. The van der Waals surface area contributed by atoms with Gasteiger partial charge in [0.1, 0.15) is 11.6 Å². The highest BCUT2D eigenvalue weighted by Crippen LogP contribution is 2.29. The fourth-order valence-electron chi connectivity index (χ4n) is 2.71. The topological polar surface area (TPSA) is 21.1 Å². The molecule has 0 bridgehead atoms. The Bertz CT molecular complexity index is 633. The van der Waals surface area contributed by atoms with E-state index in [1.165, 1.54) is 12.5 Å². The predicted molar refractivity (Wildman–Crippen MR) is 80.8 cm³/mol. The van der Waals surface area contributed by atoms with Gasteiger partial charge in [0.2, 0.25) is 0 Å². The Morgan fingerprint density at radius 1 is 1.25 bits per heavy atom. The summed E-state index contributed by atoms with van der Waals surface area (Å²) in [6.07, 6.45) is 3.53. The smallest absolute Gasteiger partial charge is 0.146 e. The second-order valence-electron chi connectivity index (χ2n) is 5.17. The lowest BCUT2D eigenvalue weighted by molar-refractivity contribution is 0.475. The minimum absolute atomic E-state index is 0.115. The molecule has 1 atom stereocenters. The van der Waals surface area contributed by atoms with Gasteiger partial charge in [-0.15, -0.1) is 11.6 Å². The molecule has 0 spiro atoms. The van der Waals surface area contributed by atoms with Gasteiger partial charge in [-0.05, 0) is 32.3 Å². The Balaban J connectivity index is 2.20. The molecule has 0 saturated carbocycles. The van der Waals surface area contributed by atoms with Crippen molar-refractivity contribution in [3.63, 3.8) is 0 Å². The van der Waals surface area contributed by atoms with E-state index in [1.54, 1.807) is 6.07 Å². The van der Waals surface area contributed by atoms with Crippen LogP contribution in [-0.4, -0.2) is 22.7 Å². The summed E-state index contributed by atoms with van der Waals surface area (Å²) in [4.78, 5) is 4.48. The molecule has 1 saturated heterocycles. The van der Waals surface area contributed by atoms with Gasteiger partial charge >= 0.3 is 0 Å². The van der Waals surface area contributed by atoms with E-state index >= 15 is 0 Å². The number of alkyl halides is 1. The maximum atomic E-state index is 13.6. The minimum Gasteiger partial charge on any atom is -0.311 e. The maximum absolute atomic E-state index is 13.6. The third-order valence-corrected chi connectivity index (χ3v) is 4.15. The van der Waals surface area contributed by atoms with Crippen LogP contribution in [0.25, 0.3) is 11.0 Å². The van der Waals surface area contributed by atoms with E-state index in [0.29, 0.717) is 5.52 Å². The molecule has 108 valence electrons. The van der Waals surface area contributed by atoms with Crippen LogP contribution in [0, 0.1) is 5.82 Å². The molecule has 6 heteroatoms. The monoisotopic (exact) mass is 315 g/mol. The Morgan fingerprint density at radius 3 is 2.60 bits per heavy atom. The lowest BCUT2D eigenvalue weighted by Crippen LogP contribution is -2.40. The largest absolute Gasteiger partial charge is 0.311 e. The number of piperidine rings is 1. The van der Waals surface area contributed by atoms with Crippen LogP contribution >= 0.6 is 23.2 Å². The van der Waals surface area contributed by atoms with Gasteiger partial charge in [0, 0.05) is 19.2 Å². The van der Waals surface area contributed by atoms with Crippen molar-refractivity contribution >= 4 is 34.2 Å². The van der Waals surface area contributed by atoms with E-state index < -0.39 is 5.82 Å². The molecule has 20 heavy (non-hydrogen) atoms. The van der Waals surface area contributed by atoms with Crippen molar-refractivity contribution in [1.29, 1.82) is 0 Å². The highest BCUT2D eigenvalue weighted by molar-refractivity contribution is 6.31. The summed E-state index contributed by atoms with van der Waals surface area (Å²) in [6.45, 7) is 3.79. The van der Waals surface area contributed by atoms with Crippen molar-refractivity contribution in [1.82, 2.24) is 9.66 Å². The van der Waals surface area contributed by atoms with Gasteiger partial charge in [-0.2, -0.15) is 0 Å². The van der Waals surface area contributed by atoms with E-state index in [-0.39, 0.29) is 10.4 Å². The molecule has 3 rings (SSSR count). The second-order valence-corrected chi connectivity index (χ2v) is 6.23. The lowest BCUT2D eigenvalue weighted by atomic mass is 10.2. The van der Waals surface area contributed by atoms with E-state index in [4.69, 9.17) is 23.2 Å². The summed E-state index contributed by atoms with van der Waals surface area (Å²) in [6, 6.07) is 3.01. The molecule has 1 aromatic heterocycles. The molecule has 0 radical (unpaired) electrons. The van der Waals surface area contributed by atoms with Crippen molar-refractivity contribution in [3.05, 3.63) is 28.8 Å². The summed E-state index contributed by atoms with van der Waals surface area (Å²) < 4.78 is 15.6. The lowest BCUT2D eigenvalue weighted by Gasteiger charge is -2.31. The molecule has 1 aliphatic rings. The van der Waals surface area contributed by atoms with Crippen LogP contribution in [-0.2, 0) is 0 Å². The van der Waals surface area contributed by atoms with E-state index in [9.17, 15) is 4.39 Å². The van der Waals surface area contributed by atoms with E-state index in [2.05, 4.69) is 9.99 Å². The molecule has 3 nitrogen and oxygen atoms in total. The molecule has 1 aliphatic heterocycles. The maximum Gasteiger partial charge on any atom is 0.146 e. The number of hydrogen-bond donors (Lipinski definition) is 0. The fraction of sp³-hybridized carbons (Fsp3) is 0.500. The fourth-order valence-corrected chi connectivity index (χ4v) is 3.01. The van der Waals surface area contributed by atoms with Crippen molar-refractivity contribution in [3.8, 4) is 0 Å². The quantitative estimate of drug-likeness (QED) is 0.772. The molecular formula is C14H16Cl2FN3. The third-order valence-electron chi connectivity index (χ3n) is 3.67. The molecule has 0 aliphatic carbocycles. The van der Waals surface area contributed by atoms with Gasteiger partial charge in [0.15, 0.2) is 0 Å². The van der Waals surface area contributed by atoms with Crippen LogP contribution in [0.1, 0.15) is 37.4 Å². The Morgan fingerprint density at radius 2 is 1.95 bits per heavy atom. The second kappa shape index (κ2) is 5.41. The Hall–Kier alpha value is -1.00. The summed E-state index contributed by atoms with van der Waals surface area (Å²) >= 11 is 12.2. The van der Waals surface area contributed by atoms with Gasteiger partial charge in [-0.1, -0.05) is 11.6 Å². The third kappa shape index (κ3) is 2.35. The normalized spacial score (nSPS) is 17.7. The average molecular weight is 316 g/mol. The molecule has 1 fully saturated rings. The number of nitrogens with zero attached hydrogens (tertiary/aromatic N) is 3. The first-order valence-corrected chi connectivity index (χ1v) is 7.66. The molecule has 0 N–H and O–H groups in total. The van der Waals surface area contributed by atoms with E-state index in [0.717, 1.165) is 37.3 Å². The van der Waals surface area contributed by atoms with Crippen LogP contribution in [0.4, 0.5) is 4.39 Å². The first-order chi connectivity index (χ1) is 9.58. The van der Waals surface area contributed by atoms with E-state index in [1.807, 2.05) is 11.6 Å². The van der Waals surface area contributed by atoms with Crippen molar-refractivity contribution in [2.45, 2.75) is 31.6 Å². The molecule has 2 aromatic rings. The van der Waals surface area contributed by atoms with Gasteiger partial charge in [0.05, 0.1) is 21.4 Å². The van der Waals surface area contributed by atoms with Crippen molar-refractivity contribution in [2.75, 3.05) is 18.1 Å². The van der Waals surface area contributed by atoms with Crippen LogP contribution in [0.2, 0.25) is 5.02 Å². The summed E-state index contributed by atoms with van der Waals surface area (Å²) in [7, 11) is 0. The van der Waals surface area contributed by atoms with Gasteiger partial charge in [0.25, 0.3) is 0 Å². The first-order valence-electron chi connectivity index (χ1n) is 6.84. The SMILES string of the molecule is CC(Cl)c1nc2cc(F)c(Cl)cc2n1N1CCCCC1. The zero-order valence-electron chi connectivity index (χ0n) is 11.2. The minimum atomic E-state index is -0.448. The highest BCUT2D eigenvalue weighted by atomic mass is 35.5. The molecule has 1 unspecified atom stereocenters. The first kappa shape index (κ1) is 14.0. The van der Waals surface area contributed by atoms with Crippen molar-refractivity contribution in [2.24, 2.45) is 0 Å².